The second-order valence-electron chi connectivity index (χ2n) is 10.0. The van der Waals surface area contributed by atoms with Gasteiger partial charge in [0.1, 0.15) is 11.6 Å². The van der Waals surface area contributed by atoms with Crippen LogP contribution < -0.4 is 5.32 Å². The molecule has 0 bridgehead atoms. The van der Waals surface area contributed by atoms with E-state index >= 15 is 0 Å². The van der Waals surface area contributed by atoms with Crippen molar-refractivity contribution in [1.29, 1.82) is 0 Å². The first kappa shape index (κ1) is 25.1. The van der Waals surface area contributed by atoms with Gasteiger partial charge in [-0.3, -0.25) is 14.5 Å². The maximum Gasteiger partial charge on any atom is 0.255 e. The molecule has 1 amide bonds. The first-order chi connectivity index (χ1) is 17.1. The van der Waals surface area contributed by atoms with Crippen LogP contribution in [0.1, 0.15) is 49.8 Å². The zero-order valence-electron chi connectivity index (χ0n) is 21.0. The van der Waals surface area contributed by atoms with Crippen LogP contribution in [0, 0.1) is 11.2 Å². The van der Waals surface area contributed by atoms with Crippen LogP contribution in [0.4, 0.5) is 4.39 Å². The normalized spacial score (nSPS) is 11.6. The lowest BCUT2D eigenvalue weighted by Gasteiger charge is -2.25. The van der Waals surface area contributed by atoms with Gasteiger partial charge in [0.05, 0.1) is 17.5 Å². The van der Waals surface area contributed by atoms with E-state index in [-0.39, 0.29) is 34.5 Å². The number of nitrogens with one attached hydrogen (secondary N) is 1. The third kappa shape index (κ3) is 5.62. The number of nitrogens with zero attached hydrogens (tertiary/aromatic N) is 3. The smallest absolute Gasteiger partial charge is 0.255 e. The van der Waals surface area contributed by atoms with Gasteiger partial charge in [-0.15, -0.1) is 0 Å². The van der Waals surface area contributed by atoms with Crippen molar-refractivity contribution in [2.45, 2.75) is 40.2 Å². The molecule has 0 atom stereocenters. The Labute approximate surface area is 210 Å². The minimum atomic E-state index is -0.312. The molecule has 0 aliphatic rings. The molecule has 0 saturated heterocycles. The van der Waals surface area contributed by atoms with Crippen LogP contribution in [-0.4, -0.2) is 32.3 Å². The number of phenols is 1. The molecule has 0 aliphatic heterocycles. The third-order valence-electron chi connectivity index (χ3n) is 6.07. The monoisotopic (exact) mass is 486 g/mol. The average molecular weight is 487 g/mol. The van der Waals surface area contributed by atoms with Gasteiger partial charge in [0.15, 0.2) is 0 Å². The Morgan fingerprint density at radius 1 is 1.08 bits per heavy atom. The molecular weight excluding hydrogens is 455 g/mol. The molecule has 186 valence electrons. The van der Waals surface area contributed by atoms with E-state index in [1.165, 1.54) is 18.2 Å². The number of amides is 1. The number of rotatable bonds is 8. The van der Waals surface area contributed by atoms with Gasteiger partial charge in [-0.1, -0.05) is 26.0 Å². The van der Waals surface area contributed by atoms with Crippen LogP contribution in [0.3, 0.4) is 0 Å². The molecule has 6 nitrogen and oxygen atoms in total. The molecule has 2 heterocycles. The Hall–Kier alpha value is -4.00. The first-order valence-electron chi connectivity index (χ1n) is 12.0. The van der Waals surface area contributed by atoms with Gasteiger partial charge in [0.2, 0.25) is 0 Å². The summed E-state index contributed by atoms with van der Waals surface area (Å²) in [5.74, 6) is -0.632. The number of hydrogen-bond acceptors (Lipinski definition) is 4. The minimum Gasteiger partial charge on any atom is -0.507 e. The van der Waals surface area contributed by atoms with E-state index in [1.54, 1.807) is 36.5 Å². The summed E-state index contributed by atoms with van der Waals surface area (Å²) >= 11 is 0. The van der Waals surface area contributed by atoms with E-state index in [2.05, 4.69) is 43.1 Å². The summed E-state index contributed by atoms with van der Waals surface area (Å²) in [5, 5.41) is 17.5. The van der Waals surface area contributed by atoms with Gasteiger partial charge in [-0.25, -0.2) is 4.39 Å². The van der Waals surface area contributed by atoms with Crippen LogP contribution in [-0.2, 0) is 6.42 Å². The Morgan fingerprint density at radius 2 is 1.81 bits per heavy atom. The molecule has 0 saturated carbocycles. The van der Waals surface area contributed by atoms with E-state index in [0.717, 1.165) is 28.1 Å². The van der Waals surface area contributed by atoms with Gasteiger partial charge < -0.3 is 10.4 Å². The predicted octanol–water partition coefficient (Wildman–Crippen LogP) is 6.04. The lowest BCUT2D eigenvalue weighted by atomic mass is 9.86. The molecule has 0 radical (unpaired) electrons. The van der Waals surface area contributed by atoms with Gasteiger partial charge >= 0.3 is 0 Å². The fourth-order valence-electron chi connectivity index (χ4n) is 4.24. The lowest BCUT2D eigenvalue weighted by molar-refractivity contribution is 0.0933. The second-order valence-corrected chi connectivity index (χ2v) is 10.0. The van der Waals surface area contributed by atoms with E-state index in [9.17, 15) is 14.3 Å². The quantitative estimate of drug-likeness (QED) is 0.318. The summed E-state index contributed by atoms with van der Waals surface area (Å²) in [6, 6.07) is 17.1. The topological polar surface area (TPSA) is 80.0 Å². The zero-order chi connectivity index (χ0) is 25.9. The maximum absolute atomic E-state index is 13.6. The fourth-order valence-corrected chi connectivity index (χ4v) is 4.24. The highest BCUT2D eigenvalue weighted by Gasteiger charge is 2.23. The lowest BCUT2D eigenvalue weighted by Crippen LogP contribution is -2.35. The van der Waals surface area contributed by atoms with Gasteiger partial charge in [-0.2, -0.15) is 5.10 Å². The second kappa shape index (κ2) is 10.3. The van der Waals surface area contributed by atoms with Crippen LogP contribution in [0.15, 0.2) is 73.1 Å². The van der Waals surface area contributed by atoms with Crippen molar-refractivity contribution in [2.24, 2.45) is 5.41 Å². The van der Waals surface area contributed by atoms with Crippen LogP contribution in [0.5, 0.6) is 5.75 Å². The summed E-state index contributed by atoms with van der Waals surface area (Å²) in [5.41, 5.74) is 4.60. The summed E-state index contributed by atoms with van der Waals surface area (Å²) in [6.07, 6.45) is 4.25. The number of halogens is 1. The van der Waals surface area contributed by atoms with Crippen LogP contribution in [0.25, 0.3) is 22.4 Å². The number of benzene rings is 2. The van der Waals surface area contributed by atoms with Gasteiger partial charge in [-0.05, 0) is 79.8 Å². The van der Waals surface area contributed by atoms with Crippen molar-refractivity contribution >= 4 is 5.91 Å². The van der Waals surface area contributed by atoms with Crippen molar-refractivity contribution in [1.82, 2.24) is 20.1 Å². The molecule has 4 aromatic rings. The molecular formula is C29H31FN4O2. The van der Waals surface area contributed by atoms with Crippen molar-refractivity contribution in [2.75, 3.05) is 6.54 Å². The molecule has 2 aromatic carbocycles. The summed E-state index contributed by atoms with van der Waals surface area (Å²) in [6.45, 7) is 8.67. The first-order valence-corrected chi connectivity index (χ1v) is 12.0. The summed E-state index contributed by atoms with van der Waals surface area (Å²) in [4.78, 5) is 17.1. The van der Waals surface area contributed by atoms with Crippen molar-refractivity contribution < 1.29 is 14.3 Å². The zero-order valence-corrected chi connectivity index (χ0v) is 21.0. The Morgan fingerprint density at radius 3 is 2.50 bits per heavy atom. The number of phenolic OH excluding ortho intramolecular Hbond substituents is 1. The summed E-state index contributed by atoms with van der Waals surface area (Å²) in [7, 11) is 0. The van der Waals surface area contributed by atoms with E-state index in [0.29, 0.717) is 13.0 Å². The number of pyridine rings is 1. The highest BCUT2D eigenvalue weighted by atomic mass is 19.1. The fraction of sp³-hybridized carbons (Fsp3) is 0.276. The minimum absolute atomic E-state index is 0.0407. The highest BCUT2D eigenvalue weighted by Crippen LogP contribution is 2.34. The highest BCUT2D eigenvalue weighted by molar-refractivity contribution is 5.96. The number of aromatic hydroxyl groups is 1. The molecule has 2 aromatic heterocycles. The number of carbonyl (C=O) groups excluding carboxylic acids is 1. The summed E-state index contributed by atoms with van der Waals surface area (Å²) < 4.78 is 15.5. The molecule has 0 spiro atoms. The van der Waals surface area contributed by atoms with Crippen molar-refractivity contribution in [3.8, 4) is 28.1 Å². The van der Waals surface area contributed by atoms with Crippen LogP contribution >= 0.6 is 0 Å². The molecule has 0 fully saturated rings. The Kier molecular flexibility index (Phi) is 7.20. The third-order valence-corrected chi connectivity index (χ3v) is 6.07. The maximum atomic E-state index is 13.6. The largest absolute Gasteiger partial charge is 0.507 e. The number of aromatic nitrogens is 3. The SMILES string of the molecule is CC(C)n1ncc(-c2ccnc(CC(C)(C)CNC(=O)c3ccccc3O)c2)c1-c1ccc(F)cc1. The molecule has 0 unspecified atom stereocenters. The van der Waals surface area contributed by atoms with Crippen LogP contribution in [0.2, 0.25) is 0 Å². The molecule has 2 N–H and O–H groups in total. The number of para-hydroxylation sites is 1. The number of hydrogen-bond donors (Lipinski definition) is 2. The van der Waals surface area contributed by atoms with Crippen molar-refractivity contribution in [3.05, 3.63) is 90.1 Å². The van der Waals surface area contributed by atoms with E-state index < -0.39 is 0 Å². The number of carbonyl (C=O) groups is 1. The predicted molar refractivity (Wildman–Crippen MR) is 139 cm³/mol. The van der Waals surface area contributed by atoms with Gasteiger partial charge in [0.25, 0.3) is 5.91 Å². The molecule has 0 aliphatic carbocycles. The van der Waals surface area contributed by atoms with E-state index in [4.69, 9.17) is 0 Å². The van der Waals surface area contributed by atoms with Crippen molar-refractivity contribution in [3.63, 3.8) is 0 Å². The van der Waals surface area contributed by atoms with Gasteiger partial charge in [0, 0.05) is 35.6 Å². The Bertz CT molecular complexity index is 1360. The molecule has 4 rings (SSSR count). The molecule has 36 heavy (non-hydrogen) atoms. The van der Waals surface area contributed by atoms with E-state index in [1.807, 2.05) is 23.0 Å². The standard InChI is InChI=1S/C29H31FN4O2/c1-19(2)34-27(20-9-11-22(30)12-10-20)25(17-33-34)21-13-14-31-23(15-21)16-29(3,4)18-32-28(36)24-7-5-6-8-26(24)35/h5-15,17,19,35H,16,18H2,1-4H3,(H,32,36). The molecule has 7 heteroatoms. The Balaban J connectivity index is 1.56. The average Bonchev–Trinajstić information content (AvgIpc) is 3.29.